The molecule has 1 nitrogen and oxygen atoms in total. The fourth-order valence-corrected chi connectivity index (χ4v) is 0.204. The van der Waals surface area contributed by atoms with Gasteiger partial charge in [0.05, 0.1) is 0 Å². The van der Waals surface area contributed by atoms with Crippen LogP contribution in [-0.2, 0) is 21.8 Å². The van der Waals surface area contributed by atoms with E-state index < -0.39 is 0 Å². The van der Waals surface area contributed by atoms with Crippen molar-refractivity contribution in [2.75, 3.05) is 13.2 Å². The SMILES string of the molecule is CCOCC.[14Fe]. The van der Waals surface area contributed by atoms with Gasteiger partial charge >= 0.3 is 0 Å². The third-order valence-corrected chi connectivity index (χ3v) is 0.408. The quantitative estimate of drug-likeness (QED) is 0.458. The minimum absolute atomic E-state index is 0. The summed E-state index contributed by atoms with van der Waals surface area (Å²) in [6.45, 7) is 5.67. The molecule has 0 spiro atoms. The summed E-state index contributed by atoms with van der Waals surface area (Å²) in [5, 5.41) is 0. The standard InChI is InChI=1S/C4H10O.Fe/c1-3-5-4-2;/h3-4H2,1-2H3;/i;1-42. The summed E-state index contributed by atoms with van der Waals surface area (Å²) in [6, 6.07) is 0. The van der Waals surface area contributed by atoms with Gasteiger partial charge in [0.2, 0.25) is 0 Å². The van der Waals surface area contributed by atoms with Crippen LogP contribution in [0.25, 0.3) is 0 Å². The first kappa shape index (κ1) is 9.70. The molecule has 40 valence electrons. The molecule has 0 aromatic heterocycles. The van der Waals surface area contributed by atoms with Crippen LogP contribution in [0, 0.1) is 0 Å². The van der Waals surface area contributed by atoms with Crippen LogP contribution in [0.15, 0.2) is 0 Å². The Kier molecular flexibility index (Phi) is 14.7. The Hall–Kier alpha value is 0.479. The van der Waals surface area contributed by atoms with Crippen molar-refractivity contribution in [3.05, 3.63) is 0 Å². The molecule has 0 aliphatic carbocycles. The number of ether oxygens (including phenoxy) is 1. The normalized spacial score (nSPS) is 7.00. The van der Waals surface area contributed by atoms with Gasteiger partial charge in [-0.2, -0.15) is 0 Å². The van der Waals surface area contributed by atoms with Crippen molar-refractivity contribution in [2.45, 2.75) is 13.8 Å². The Balaban J connectivity index is 0. The van der Waals surface area contributed by atoms with Gasteiger partial charge in [-0.1, -0.05) is 0 Å². The van der Waals surface area contributed by atoms with E-state index in [0.717, 1.165) is 13.2 Å². The van der Waals surface area contributed by atoms with E-state index in [1.54, 1.807) is 0 Å². The number of hydrogen-bond acceptors (Lipinski definition) is 1. The Bertz CT molecular complexity index is 15.0. The van der Waals surface area contributed by atoms with Crippen molar-refractivity contribution in [3.63, 3.8) is 0 Å². The third kappa shape index (κ3) is 8.82. The largest absolute Gasteiger partial charge is 0.382 e. The fourth-order valence-electron chi connectivity index (χ4n) is 0.204. The Labute approximate surface area is 49.5 Å². The third-order valence-electron chi connectivity index (χ3n) is 0.408. The maximum atomic E-state index is 4.83. The first-order valence-corrected chi connectivity index (χ1v) is 1.99. The van der Waals surface area contributed by atoms with Crippen molar-refractivity contribution in [1.29, 1.82) is 0 Å². The molecule has 6 heavy (non-hydrogen) atoms. The fraction of sp³-hybridized carbons (Fsp3) is 1.00. The zero-order chi connectivity index (χ0) is 4.12. The summed E-state index contributed by atoms with van der Waals surface area (Å²) >= 11 is 0. The second kappa shape index (κ2) is 9.08. The summed E-state index contributed by atoms with van der Waals surface area (Å²) < 4.78 is 4.83. The van der Waals surface area contributed by atoms with Crippen LogP contribution in [0.3, 0.4) is 0 Å². The summed E-state index contributed by atoms with van der Waals surface area (Å²) in [4.78, 5) is 0. The van der Waals surface area contributed by atoms with E-state index in [2.05, 4.69) is 0 Å². The maximum absolute atomic E-state index is 4.83. The molecule has 0 aliphatic heterocycles. The predicted octanol–water partition coefficient (Wildman–Crippen LogP) is 1.04. The Morgan fingerprint density at radius 3 is 1.50 bits per heavy atom. The van der Waals surface area contributed by atoms with Crippen molar-refractivity contribution in [2.24, 2.45) is 0 Å². The average molecular weight is 88.1 g/mol. The molecule has 0 heterocycles. The number of hydrogen-bond donors (Lipinski definition) is 0. The van der Waals surface area contributed by atoms with Gasteiger partial charge in [0.25, 0.3) is 0 Å². The molecule has 0 amide bonds. The van der Waals surface area contributed by atoms with Crippen LogP contribution in [0.1, 0.15) is 13.8 Å². The second-order valence-corrected chi connectivity index (χ2v) is 0.781. The van der Waals surface area contributed by atoms with E-state index in [0.29, 0.717) is 0 Å². The molecule has 0 rings (SSSR count). The zero-order valence-electron chi connectivity index (χ0n) is 4.18. The summed E-state index contributed by atoms with van der Waals surface area (Å²) in [5.74, 6) is 0. The molecular formula is C4H10FeO. The van der Waals surface area contributed by atoms with Crippen molar-refractivity contribution >= 4 is 0 Å². The molecule has 2 heteroatoms. The van der Waals surface area contributed by atoms with Gasteiger partial charge in [-0.25, -0.2) is 0 Å². The predicted molar refractivity (Wildman–Crippen MR) is 22.2 cm³/mol. The topological polar surface area (TPSA) is 9.23 Å². The molecule has 0 bridgehead atoms. The van der Waals surface area contributed by atoms with Gasteiger partial charge in [-0.3, -0.25) is 0 Å². The molecule has 0 unspecified atom stereocenters. The van der Waals surface area contributed by atoms with Crippen LogP contribution < -0.4 is 0 Å². The molecule has 0 saturated carbocycles. The molecule has 0 N–H and O–H groups in total. The monoisotopic (exact) mass is 88.1 g/mol. The zero-order valence-corrected chi connectivity index (χ0v) is 5.28. The Morgan fingerprint density at radius 1 is 1.17 bits per heavy atom. The molecule has 0 radical (unpaired) electrons. The summed E-state index contributed by atoms with van der Waals surface area (Å²) in [6.07, 6.45) is 0. The van der Waals surface area contributed by atoms with E-state index in [9.17, 15) is 0 Å². The van der Waals surface area contributed by atoms with E-state index in [4.69, 9.17) is 4.74 Å². The van der Waals surface area contributed by atoms with Gasteiger partial charge in [0.1, 0.15) is 0 Å². The molecular weight excluding hydrogens is 78.0 g/mol. The summed E-state index contributed by atoms with van der Waals surface area (Å²) in [5.41, 5.74) is 0. The second-order valence-electron chi connectivity index (χ2n) is 0.781. The smallest absolute Gasteiger partial charge is 0.0437 e. The van der Waals surface area contributed by atoms with Crippen LogP contribution in [0.4, 0.5) is 0 Å². The van der Waals surface area contributed by atoms with E-state index in [1.807, 2.05) is 13.8 Å². The molecule has 0 aromatic carbocycles. The Morgan fingerprint density at radius 2 is 1.50 bits per heavy atom. The molecule has 0 atom stereocenters. The van der Waals surface area contributed by atoms with Crippen LogP contribution in [0.2, 0.25) is 0 Å². The van der Waals surface area contributed by atoms with E-state index in [1.165, 1.54) is 0 Å². The first-order valence-electron chi connectivity index (χ1n) is 1.99. The van der Waals surface area contributed by atoms with Crippen molar-refractivity contribution < 1.29 is 21.8 Å². The first-order chi connectivity index (χ1) is 2.41. The van der Waals surface area contributed by atoms with Crippen LogP contribution in [0.5, 0.6) is 0 Å². The average Bonchev–Trinajstić information content (AvgIpc) is 1.41. The number of rotatable bonds is 2. The minimum Gasteiger partial charge on any atom is -0.382 e. The minimum atomic E-state index is 0. The van der Waals surface area contributed by atoms with Crippen molar-refractivity contribution in [3.8, 4) is 0 Å². The van der Waals surface area contributed by atoms with Crippen LogP contribution >= 0.6 is 0 Å². The summed E-state index contributed by atoms with van der Waals surface area (Å²) in [7, 11) is 0. The van der Waals surface area contributed by atoms with Gasteiger partial charge in [-0.15, -0.1) is 0 Å². The molecule has 0 fully saturated rings. The van der Waals surface area contributed by atoms with E-state index in [-0.39, 0.29) is 17.1 Å². The van der Waals surface area contributed by atoms with Gasteiger partial charge in [-0.05, 0) is 13.8 Å². The van der Waals surface area contributed by atoms with E-state index >= 15 is 0 Å². The van der Waals surface area contributed by atoms with Crippen LogP contribution in [-0.4, -0.2) is 13.2 Å². The van der Waals surface area contributed by atoms with Gasteiger partial charge < -0.3 is 4.74 Å². The molecule has 0 aliphatic rings. The van der Waals surface area contributed by atoms with Gasteiger partial charge in [0, 0.05) is 30.3 Å². The molecule has 0 saturated heterocycles. The molecule has 0 aromatic rings. The maximum Gasteiger partial charge on any atom is 0.0437 e. The van der Waals surface area contributed by atoms with Gasteiger partial charge in [0.15, 0.2) is 0 Å². The van der Waals surface area contributed by atoms with Crippen molar-refractivity contribution in [1.82, 2.24) is 0 Å².